The maximum atomic E-state index is 13.5. The Labute approximate surface area is 204 Å². The number of pyridine rings is 1. The number of carbonyl (C=O) groups is 1. The monoisotopic (exact) mass is 483 g/mol. The maximum absolute atomic E-state index is 13.5. The molecular formula is C27H21N3O4S. The third-order valence-corrected chi connectivity index (χ3v) is 6.95. The lowest BCUT2D eigenvalue weighted by Gasteiger charge is -2.26. The van der Waals surface area contributed by atoms with Crippen molar-refractivity contribution in [2.75, 3.05) is 0 Å². The molecule has 0 aliphatic heterocycles. The van der Waals surface area contributed by atoms with Crippen molar-refractivity contribution >= 4 is 44.8 Å². The Morgan fingerprint density at radius 2 is 2.11 bits per heavy atom. The van der Waals surface area contributed by atoms with Gasteiger partial charge < -0.3 is 9.15 Å². The van der Waals surface area contributed by atoms with Crippen LogP contribution in [0.2, 0.25) is 0 Å². The molecule has 35 heavy (non-hydrogen) atoms. The van der Waals surface area contributed by atoms with Crippen molar-refractivity contribution in [1.29, 1.82) is 0 Å². The Hall–Kier alpha value is -4.04. The van der Waals surface area contributed by atoms with Crippen LogP contribution < -0.4 is 5.56 Å². The third-order valence-electron chi connectivity index (χ3n) is 6.19. The number of para-hydroxylation sites is 1. The summed E-state index contributed by atoms with van der Waals surface area (Å²) in [6.45, 7) is 2.08. The van der Waals surface area contributed by atoms with E-state index in [0.29, 0.717) is 28.6 Å². The van der Waals surface area contributed by atoms with Gasteiger partial charge >= 0.3 is 5.97 Å². The molecule has 0 radical (unpaired) electrons. The Morgan fingerprint density at radius 1 is 1.23 bits per heavy atom. The normalized spacial score (nSPS) is 16.6. The number of esters is 1. The summed E-state index contributed by atoms with van der Waals surface area (Å²) >= 11 is 1.36. The van der Waals surface area contributed by atoms with Crippen LogP contribution in [0.25, 0.3) is 27.5 Å². The first-order valence-corrected chi connectivity index (χ1v) is 12.2. The standard InChI is InChI=1S/C27H21N3O4S/c1-16-11-17(13-19-5-4-9-33-19)25-21(12-16)24(20-6-2-3-7-22(20)29-25)26(32)34-15-18-14-23(31)30-8-10-35-27(30)28-18/h2-10,13-14,16H,11-12,15H2,1H3/b17-13-. The van der Waals surface area contributed by atoms with Crippen molar-refractivity contribution < 1.29 is 13.9 Å². The van der Waals surface area contributed by atoms with Gasteiger partial charge in [0.2, 0.25) is 0 Å². The van der Waals surface area contributed by atoms with E-state index in [9.17, 15) is 9.59 Å². The van der Waals surface area contributed by atoms with Crippen molar-refractivity contribution in [2.24, 2.45) is 5.92 Å². The van der Waals surface area contributed by atoms with Gasteiger partial charge in [0.15, 0.2) is 4.96 Å². The molecule has 6 rings (SSSR count). The minimum atomic E-state index is -0.445. The molecule has 0 fully saturated rings. The summed E-state index contributed by atoms with van der Waals surface area (Å²) < 4.78 is 12.7. The summed E-state index contributed by atoms with van der Waals surface area (Å²) in [5, 5.41) is 2.55. The average molecular weight is 484 g/mol. The average Bonchev–Trinajstić information content (AvgIpc) is 3.54. The van der Waals surface area contributed by atoms with Crippen molar-refractivity contribution in [3.8, 4) is 0 Å². The van der Waals surface area contributed by atoms with E-state index < -0.39 is 5.97 Å². The van der Waals surface area contributed by atoms with Gasteiger partial charge in [-0.25, -0.2) is 14.8 Å². The minimum absolute atomic E-state index is 0.0848. The number of nitrogens with zero attached hydrogens (tertiary/aromatic N) is 3. The van der Waals surface area contributed by atoms with Crippen molar-refractivity contribution in [1.82, 2.24) is 14.4 Å². The first-order chi connectivity index (χ1) is 17.1. The molecule has 1 aromatic carbocycles. The van der Waals surface area contributed by atoms with Gasteiger partial charge in [-0.1, -0.05) is 25.1 Å². The number of allylic oxidation sites excluding steroid dienone is 1. The highest BCUT2D eigenvalue weighted by Gasteiger charge is 2.29. The van der Waals surface area contributed by atoms with Gasteiger partial charge in [-0.2, -0.15) is 0 Å². The summed E-state index contributed by atoms with van der Waals surface area (Å²) in [4.78, 5) is 35.8. The van der Waals surface area contributed by atoms with Crippen LogP contribution in [0.15, 0.2) is 69.5 Å². The molecule has 4 aromatic heterocycles. The first-order valence-electron chi connectivity index (χ1n) is 11.4. The molecular weight excluding hydrogens is 462 g/mol. The number of furan rings is 1. The van der Waals surface area contributed by atoms with Crippen LogP contribution >= 0.6 is 11.3 Å². The second-order valence-electron chi connectivity index (χ2n) is 8.75. The van der Waals surface area contributed by atoms with Crippen LogP contribution in [0.3, 0.4) is 0 Å². The van der Waals surface area contributed by atoms with Crippen molar-refractivity contribution in [3.05, 3.63) is 98.9 Å². The number of fused-ring (bicyclic) bond motifs is 3. The van der Waals surface area contributed by atoms with Gasteiger partial charge in [0.1, 0.15) is 12.4 Å². The lowest BCUT2D eigenvalue weighted by Crippen LogP contribution is -2.19. The fraction of sp³-hybridized carbons (Fsp3) is 0.185. The highest BCUT2D eigenvalue weighted by molar-refractivity contribution is 7.15. The highest BCUT2D eigenvalue weighted by Crippen LogP contribution is 2.38. The molecule has 0 N–H and O–H groups in total. The van der Waals surface area contributed by atoms with E-state index in [2.05, 4.69) is 11.9 Å². The largest absolute Gasteiger partial charge is 0.465 e. The van der Waals surface area contributed by atoms with Crippen LogP contribution in [0, 0.1) is 5.92 Å². The second-order valence-corrected chi connectivity index (χ2v) is 9.62. The summed E-state index contributed by atoms with van der Waals surface area (Å²) in [5.41, 5.74) is 4.20. The summed E-state index contributed by atoms with van der Waals surface area (Å²) in [6, 6.07) is 12.8. The molecule has 174 valence electrons. The molecule has 7 nitrogen and oxygen atoms in total. The molecule has 1 atom stereocenters. The first kappa shape index (κ1) is 21.5. The summed E-state index contributed by atoms with van der Waals surface area (Å²) in [6.07, 6.45) is 6.87. The molecule has 0 bridgehead atoms. The molecule has 1 unspecified atom stereocenters. The minimum Gasteiger partial charge on any atom is -0.465 e. The van der Waals surface area contributed by atoms with E-state index in [-0.39, 0.29) is 12.2 Å². The zero-order chi connectivity index (χ0) is 23.9. The molecule has 1 aliphatic rings. The van der Waals surface area contributed by atoms with Crippen LogP contribution in [-0.2, 0) is 17.8 Å². The van der Waals surface area contributed by atoms with Crippen LogP contribution in [-0.4, -0.2) is 20.3 Å². The smallest absolute Gasteiger partial charge is 0.339 e. The van der Waals surface area contributed by atoms with E-state index >= 15 is 0 Å². The van der Waals surface area contributed by atoms with Crippen molar-refractivity contribution in [2.45, 2.75) is 26.4 Å². The number of thiazole rings is 1. The Morgan fingerprint density at radius 3 is 2.97 bits per heavy atom. The molecule has 5 aromatic rings. The van der Waals surface area contributed by atoms with Gasteiger partial charge in [-0.15, -0.1) is 11.3 Å². The van der Waals surface area contributed by atoms with Gasteiger partial charge in [-0.05, 0) is 54.2 Å². The zero-order valence-electron chi connectivity index (χ0n) is 18.9. The van der Waals surface area contributed by atoms with Crippen LogP contribution in [0.1, 0.15) is 46.4 Å². The van der Waals surface area contributed by atoms with Gasteiger partial charge in [0.25, 0.3) is 5.56 Å². The summed E-state index contributed by atoms with van der Waals surface area (Å²) in [7, 11) is 0. The Balaban J connectivity index is 1.42. The number of ether oxygens (including phenoxy) is 1. The van der Waals surface area contributed by atoms with Gasteiger partial charge in [0.05, 0.1) is 28.7 Å². The Kier molecular flexibility index (Phi) is 5.30. The maximum Gasteiger partial charge on any atom is 0.339 e. The van der Waals surface area contributed by atoms with E-state index in [1.807, 2.05) is 42.5 Å². The fourth-order valence-corrected chi connectivity index (χ4v) is 5.43. The number of rotatable bonds is 4. The lowest BCUT2D eigenvalue weighted by molar-refractivity contribution is 0.0468. The predicted octanol–water partition coefficient (Wildman–Crippen LogP) is 5.38. The van der Waals surface area contributed by atoms with E-state index in [1.165, 1.54) is 21.8 Å². The number of hydrogen-bond donors (Lipinski definition) is 0. The zero-order valence-corrected chi connectivity index (χ0v) is 19.7. The Bertz CT molecular complexity index is 1660. The second kappa shape index (κ2) is 8.63. The third kappa shape index (κ3) is 3.95. The number of aromatic nitrogens is 3. The predicted molar refractivity (Wildman–Crippen MR) is 134 cm³/mol. The lowest BCUT2D eigenvalue weighted by atomic mass is 9.81. The number of carbonyl (C=O) groups excluding carboxylic acids is 1. The molecule has 0 spiro atoms. The summed E-state index contributed by atoms with van der Waals surface area (Å²) in [5.74, 6) is 0.626. The van der Waals surface area contributed by atoms with E-state index in [4.69, 9.17) is 14.1 Å². The molecule has 0 saturated carbocycles. The number of benzene rings is 1. The van der Waals surface area contributed by atoms with Crippen LogP contribution in [0.5, 0.6) is 0 Å². The highest BCUT2D eigenvalue weighted by atomic mass is 32.1. The molecule has 0 amide bonds. The fourth-order valence-electron chi connectivity index (χ4n) is 4.69. The van der Waals surface area contributed by atoms with Gasteiger partial charge in [0, 0.05) is 23.0 Å². The van der Waals surface area contributed by atoms with Crippen LogP contribution in [0.4, 0.5) is 0 Å². The quantitative estimate of drug-likeness (QED) is 0.319. The van der Waals surface area contributed by atoms with E-state index in [0.717, 1.165) is 39.9 Å². The van der Waals surface area contributed by atoms with Crippen molar-refractivity contribution in [3.63, 3.8) is 0 Å². The van der Waals surface area contributed by atoms with E-state index in [1.54, 1.807) is 17.8 Å². The molecule has 8 heteroatoms. The SMILES string of the molecule is CC1C/C(=C/c2ccco2)c2nc3ccccc3c(C(=O)OCc3cc(=O)n4ccsc4n3)c2C1. The number of hydrogen-bond acceptors (Lipinski definition) is 7. The molecule has 0 saturated heterocycles. The topological polar surface area (TPSA) is 86.7 Å². The molecule has 1 aliphatic carbocycles. The molecule has 4 heterocycles. The van der Waals surface area contributed by atoms with Gasteiger partial charge in [-0.3, -0.25) is 9.20 Å².